The van der Waals surface area contributed by atoms with Crippen molar-refractivity contribution in [2.75, 3.05) is 0 Å². The standard InChI is InChI=1S/C42H26O/c1-2-12-31-28(10-1)11-9-18-33(31)42-36-16-5-3-14-34(36)41(35-15-4-6-17-37(35)42)29-22-20-27(21-23-29)30-24-25-40-38(26-30)32-13-7-8-19-39(32)43-40/h1-26H/i1D,2D,3D,4D,5D,6D,9D,10D,11D,12D,14D,15D,16D,17D,18D,20D,21D,22D,23D. The maximum absolute atomic E-state index is 9.47. The van der Waals surface area contributed by atoms with Gasteiger partial charge >= 0.3 is 0 Å². The predicted octanol–water partition coefficient (Wildman–Crippen LogP) is 12.0. The SMILES string of the molecule is [2H]c1c([2H])c(-c2c3c([2H])c([2H])c([2H])c([2H])c3c(-c3c([2H])c([2H])c([2H])c4c([2H])c([2H])c([2H])c([2H])c34)c3c([2H])c([2H])c([2H])c([2H])c23)c([2H])c([2H])c1-c1ccc2oc3ccccc3c2c1. The Balaban J connectivity index is 1.54. The van der Waals surface area contributed by atoms with Crippen molar-refractivity contribution >= 4 is 54.3 Å². The maximum atomic E-state index is 9.47. The third-order valence-corrected chi connectivity index (χ3v) is 7.48. The van der Waals surface area contributed by atoms with Crippen molar-refractivity contribution in [3.05, 3.63) is 157 Å². The van der Waals surface area contributed by atoms with Crippen molar-refractivity contribution in [3.63, 3.8) is 0 Å². The maximum Gasteiger partial charge on any atom is 0.135 e. The second-order valence-electron chi connectivity index (χ2n) is 9.81. The minimum atomic E-state index is -0.868. The van der Waals surface area contributed by atoms with Gasteiger partial charge < -0.3 is 4.42 Å². The fourth-order valence-corrected chi connectivity index (χ4v) is 5.59. The summed E-state index contributed by atoms with van der Waals surface area (Å²) < 4.78 is 177. The molecule has 0 aliphatic rings. The molecule has 8 aromatic carbocycles. The summed E-state index contributed by atoms with van der Waals surface area (Å²) in [5, 5.41) is -1.96. The van der Waals surface area contributed by atoms with Crippen LogP contribution >= 0.6 is 0 Å². The van der Waals surface area contributed by atoms with E-state index in [9.17, 15) is 12.3 Å². The Kier molecular flexibility index (Phi) is 2.61. The van der Waals surface area contributed by atoms with Crippen LogP contribution in [0.4, 0.5) is 0 Å². The minimum Gasteiger partial charge on any atom is -0.456 e. The Hall–Kier alpha value is -5.66. The second kappa shape index (κ2) is 9.44. The number of para-hydroxylation sites is 1. The van der Waals surface area contributed by atoms with Crippen LogP contribution in [0, 0.1) is 0 Å². The molecule has 0 saturated heterocycles. The fraction of sp³-hybridized carbons (Fsp3) is 0. The molecule has 0 N–H and O–H groups in total. The van der Waals surface area contributed by atoms with E-state index in [1.807, 2.05) is 6.07 Å². The summed E-state index contributed by atoms with van der Waals surface area (Å²) in [7, 11) is 0. The van der Waals surface area contributed by atoms with Crippen molar-refractivity contribution in [1.82, 2.24) is 0 Å². The summed E-state index contributed by atoms with van der Waals surface area (Å²) in [4.78, 5) is 0. The summed E-state index contributed by atoms with van der Waals surface area (Å²) in [5.41, 5.74) is -1.08. The molecule has 0 unspecified atom stereocenters. The van der Waals surface area contributed by atoms with Gasteiger partial charge in [-0.15, -0.1) is 0 Å². The molecule has 43 heavy (non-hydrogen) atoms. The molecule has 1 nitrogen and oxygen atoms in total. The highest BCUT2D eigenvalue weighted by Crippen LogP contribution is 2.45. The molecule has 0 bridgehead atoms. The highest BCUT2D eigenvalue weighted by Gasteiger charge is 2.18. The van der Waals surface area contributed by atoms with E-state index in [2.05, 4.69) is 0 Å². The lowest BCUT2D eigenvalue weighted by Gasteiger charge is -2.19. The summed E-state index contributed by atoms with van der Waals surface area (Å²) >= 11 is 0. The number of furan rings is 1. The summed E-state index contributed by atoms with van der Waals surface area (Å²) in [6, 6.07) is -3.14. The third-order valence-electron chi connectivity index (χ3n) is 7.48. The monoisotopic (exact) mass is 565 g/mol. The first-order chi connectivity index (χ1) is 29.2. The van der Waals surface area contributed by atoms with Crippen molar-refractivity contribution in [2.24, 2.45) is 0 Å². The first kappa shape index (κ1) is 11.9. The van der Waals surface area contributed by atoms with Crippen LogP contribution in [0.25, 0.3) is 87.6 Å². The lowest BCUT2D eigenvalue weighted by molar-refractivity contribution is 0.669. The van der Waals surface area contributed by atoms with Gasteiger partial charge in [0.15, 0.2) is 0 Å². The van der Waals surface area contributed by atoms with E-state index in [4.69, 9.17) is 18.1 Å². The molecule has 0 aliphatic carbocycles. The van der Waals surface area contributed by atoms with Crippen molar-refractivity contribution in [1.29, 1.82) is 0 Å². The Morgan fingerprint density at radius 3 is 1.72 bits per heavy atom. The zero-order valence-corrected chi connectivity index (χ0v) is 21.9. The third kappa shape index (κ3) is 3.72. The lowest BCUT2D eigenvalue weighted by atomic mass is 9.84. The van der Waals surface area contributed by atoms with Gasteiger partial charge in [-0.05, 0) is 83.9 Å². The molecule has 9 aromatic rings. The van der Waals surface area contributed by atoms with Crippen molar-refractivity contribution in [3.8, 4) is 33.4 Å². The van der Waals surface area contributed by atoms with Gasteiger partial charge in [-0.25, -0.2) is 0 Å². The van der Waals surface area contributed by atoms with Gasteiger partial charge in [0.2, 0.25) is 0 Å². The van der Waals surface area contributed by atoms with Crippen LogP contribution in [-0.2, 0) is 0 Å². The van der Waals surface area contributed by atoms with E-state index in [1.165, 1.54) is 0 Å². The van der Waals surface area contributed by atoms with Crippen molar-refractivity contribution in [2.45, 2.75) is 0 Å². The zero-order valence-electron chi connectivity index (χ0n) is 40.9. The van der Waals surface area contributed by atoms with Gasteiger partial charge in [0.25, 0.3) is 0 Å². The molecule has 200 valence electrons. The molecular weight excluding hydrogens is 520 g/mol. The number of rotatable bonds is 3. The highest BCUT2D eigenvalue weighted by atomic mass is 16.3. The Bertz CT molecular complexity index is 3460. The first-order valence-corrected chi connectivity index (χ1v) is 13.2. The first-order valence-electron chi connectivity index (χ1n) is 22.7. The Morgan fingerprint density at radius 1 is 0.395 bits per heavy atom. The molecule has 0 spiro atoms. The number of benzene rings is 8. The second-order valence-corrected chi connectivity index (χ2v) is 9.81. The van der Waals surface area contributed by atoms with Crippen LogP contribution in [-0.4, -0.2) is 0 Å². The molecule has 0 saturated carbocycles. The molecule has 0 fully saturated rings. The molecule has 9 rings (SSSR count). The van der Waals surface area contributed by atoms with E-state index in [-0.39, 0.29) is 11.1 Å². The molecule has 0 atom stereocenters. The number of hydrogen-bond acceptors (Lipinski definition) is 1. The molecular formula is C42H26O. The minimum absolute atomic E-state index is 0.150. The van der Waals surface area contributed by atoms with E-state index in [1.54, 1.807) is 36.4 Å². The average molecular weight is 566 g/mol. The van der Waals surface area contributed by atoms with E-state index in [0.29, 0.717) is 16.6 Å². The Labute approximate surface area is 275 Å². The Morgan fingerprint density at radius 2 is 0.977 bits per heavy atom. The quantitative estimate of drug-likeness (QED) is 0.194. The topological polar surface area (TPSA) is 13.1 Å². The van der Waals surface area contributed by atoms with Gasteiger partial charge in [0, 0.05) is 10.8 Å². The van der Waals surface area contributed by atoms with Gasteiger partial charge in [0.05, 0.1) is 26.0 Å². The normalized spacial score (nSPS) is 17.9. The molecule has 1 aromatic heterocycles. The summed E-state index contributed by atoms with van der Waals surface area (Å²) in [6.45, 7) is 0. The van der Waals surface area contributed by atoms with Crippen LogP contribution in [0.5, 0.6) is 0 Å². The van der Waals surface area contributed by atoms with Gasteiger partial charge in [-0.1, -0.05) is 139 Å². The fourth-order valence-electron chi connectivity index (χ4n) is 5.59. The van der Waals surface area contributed by atoms with E-state index in [0.717, 1.165) is 5.39 Å². The largest absolute Gasteiger partial charge is 0.456 e. The van der Waals surface area contributed by atoms with Crippen LogP contribution in [0.2, 0.25) is 0 Å². The van der Waals surface area contributed by atoms with Crippen LogP contribution in [0.3, 0.4) is 0 Å². The van der Waals surface area contributed by atoms with Crippen LogP contribution in [0.15, 0.2) is 162 Å². The van der Waals surface area contributed by atoms with Gasteiger partial charge in [0.1, 0.15) is 11.2 Å². The highest BCUT2D eigenvalue weighted by molar-refractivity contribution is 6.23. The summed E-state index contributed by atoms with van der Waals surface area (Å²) in [5.74, 6) is 0. The van der Waals surface area contributed by atoms with E-state index >= 15 is 0 Å². The lowest BCUT2D eigenvalue weighted by Crippen LogP contribution is -1.91. The van der Waals surface area contributed by atoms with Crippen LogP contribution in [0.1, 0.15) is 26.0 Å². The van der Waals surface area contributed by atoms with E-state index < -0.39 is 169 Å². The zero-order chi connectivity index (χ0) is 44.9. The molecule has 1 heteroatoms. The average Bonchev–Trinajstić information content (AvgIpc) is 3.63. The number of hydrogen-bond donors (Lipinski definition) is 0. The molecule has 1 heterocycles. The molecule has 0 aliphatic heterocycles. The molecule has 0 radical (unpaired) electrons. The van der Waals surface area contributed by atoms with Gasteiger partial charge in [-0.3, -0.25) is 0 Å². The smallest absolute Gasteiger partial charge is 0.135 e. The number of fused-ring (bicyclic) bond motifs is 6. The van der Waals surface area contributed by atoms with Crippen molar-refractivity contribution < 1.29 is 30.5 Å². The van der Waals surface area contributed by atoms with Gasteiger partial charge in [-0.2, -0.15) is 0 Å². The predicted molar refractivity (Wildman–Crippen MR) is 183 cm³/mol. The van der Waals surface area contributed by atoms with Crippen LogP contribution < -0.4 is 0 Å². The molecule has 0 amide bonds. The summed E-state index contributed by atoms with van der Waals surface area (Å²) in [6.07, 6.45) is 0.